The number of hydrogen-bond donors (Lipinski definition) is 1. The third-order valence-corrected chi connectivity index (χ3v) is 5.10. The van der Waals surface area contributed by atoms with Gasteiger partial charge in [-0.2, -0.15) is 0 Å². The van der Waals surface area contributed by atoms with Crippen molar-refractivity contribution in [3.63, 3.8) is 0 Å². The lowest BCUT2D eigenvalue weighted by atomic mass is 9.85. The second-order valence-electron chi connectivity index (χ2n) is 6.04. The number of nitrogens with one attached hydrogen (secondary N) is 1. The van der Waals surface area contributed by atoms with Gasteiger partial charge in [-0.05, 0) is 23.5 Å². The molecule has 2 rings (SSSR count). The molecular weight excluding hydrogens is 246 g/mol. The normalized spacial score (nSPS) is 22.9. The lowest BCUT2D eigenvalue weighted by molar-refractivity contribution is 0.590. The molecule has 0 bridgehead atoms. The number of para-hydroxylation sites is 1. The summed E-state index contributed by atoms with van der Waals surface area (Å²) >= 11 is 0. The molecule has 100 valence electrons. The van der Waals surface area contributed by atoms with E-state index in [0.717, 1.165) is 5.69 Å². The predicted octanol–water partition coefficient (Wildman–Crippen LogP) is 2.58. The third-order valence-electron chi connectivity index (χ3n) is 3.33. The van der Waals surface area contributed by atoms with Crippen LogP contribution in [0.3, 0.4) is 0 Å². The Kier molecular flexibility index (Phi) is 3.41. The van der Waals surface area contributed by atoms with Crippen molar-refractivity contribution in [2.24, 2.45) is 0 Å². The molecule has 1 N–H and O–H groups in total. The first-order chi connectivity index (χ1) is 8.28. The van der Waals surface area contributed by atoms with Crippen LogP contribution >= 0.6 is 0 Å². The van der Waals surface area contributed by atoms with Gasteiger partial charge in [0.1, 0.15) is 0 Å². The molecule has 0 amide bonds. The highest BCUT2D eigenvalue weighted by atomic mass is 32.2. The van der Waals surface area contributed by atoms with E-state index in [2.05, 4.69) is 32.2 Å². The van der Waals surface area contributed by atoms with E-state index in [9.17, 15) is 8.42 Å². The zero-order valence-corrected chi connectivity index (χ0v) is 12.0. The van der Waals surface area contributed by atoms with Crippen LogP contribution in [-0.4, -0.2) is 26.0 Å². The Labute approximate surface area is 110 Å². The van der Waals surface area contributed by atoms with Gasteiger partial charge in [-0.25, -0.2) is 8.42 Å². The fourth-order valence-corrected chi connectivity index (χ4v) is 4.07. The Balaban J connectivity index is 2.20. The molecule has 1 heterocycles. The maximum absolute atomic E-state index is 11.5. The number of anilines is 1. The quantitative estimate of drug-likeness (QED) is 0.896. The molecule has 1 atom stereocenters. The molecule has 4 heteroatoms. The summed E-state index contributed by atoms with van der Waals surface area (Å²) in [6.45, 7) is 6.50. The van der Waals surface area contributed by atoms with Gasteiger partial charge in [-0.3, -0.25) is 0 Å². The Morgan fingerprint density at radius 1 is 1.22 bits per heavy atom. The van der Waals surface area contributed by atoms with Crippen molar-refractivity contribution in [3.05, 3.63) is 29.8 Å². The molecule has 0 aliphatic carbocycles. The Bertz CT molecular complexity index is 529. The van der Waals surface area contributed by atoms with Crippen molar-refractivity contribution in [2.75, 3.05) is 16.8 Å². The minimum Gasteiger partial charge on any atom is -0.381 e. The maximum atomic E-state index is 11.5. The van der Waals surface area contributed by atoms with E-state index in [1.54, 1.807) is 0 Å². The van der Waals surface area contributed by atoms with Crippen LogP contribution in [0, 0.1) is 0 Å². The summed E-state index contributed by atoms with van der Waals surface area (Å²) in [4.78, 5) is 0. The molecule has 1 aromatic carbocycles. The molecule has 0 aromatic heterocycles. The minimum atomic E-state index is -2.83. The number of hydrogen-bond acceptors (Lipinski definition) is 3. The molecule has 3 nitrogen and oxygen atoms in total. The lowest BCUT2D eigenvalue weighted by Crippen LogP contribution is -2.23. The number of rotatable bonds is 2. The van der Waals surface area contributed by atoms with Crippen LogP contribution in [0.2, 0.25) is 0 Å². The van der Waals surface area contributed by atoms with E-state index in [0.29, 0.717) is 12.2 Å². The number of benzene rings is 1. The van der Waals surface area contributed by atoms with Gasteiger partial charge in [-0.1, -0.05) is 39.0 Å². The summed E-state index contributed by atoms with van der Waals surface area (Å²) in [7, 11) is -2.83. The van der Waals surface area contributed by atoms with E-state index in [1.165, 1.54) is 5.56 Å². The molecule has 0 saturated carbocycles. The van der Waals surface area contributed by atoms with Crippen molar-refractivity contribution >= 4 is 15.5 Å². The van der Waals surface area contributed by atoms with Crippen LogP contribution in [-0.2, 0) is 15.3 Å². The van der Waals surface area contributed by atoms with Crippen LogP contribution < -0.4 is 5.32 Å². The van der Waals surface area contributed by atoms with Gasteiger partial charge in [0.05, 0.1) is 11.5 Å². The average Bonchev–Trinajstić information content (AvgIpc) is 2.57. The first kappa shape index (κ1) is 13.4. The Morgan fingerprint density at radius 3 is 2.44 bits per heavy atom. The van der Waals surface area contributed by atoms with Gasteiger partial charge >= 0.3 is 0 Å². The van der Waals surface area contributed by atoms with Crippen LogP contribution in [0.5, 0.6) is 0 Å². The standard InChI is InChI=1S/C14H21NO2S/c1-14(2,3)12-6-4-5-7-13(12)15-11-8-9-18(16,17)10-11/h4-7,11,15H,8-10H2,1-3H3. The van der Waals surface area contributed by atoms with E-state index in [4.69, 9.17) is 0 Å². The topological polar surface area (TPSA) is 46.2 Å². The molecule has 1 aliphatic rings. The lowest BCUT2D eigenvalue weighted by Gasteiger charge is -2.25. The first-order valence-electron chi connectivity index (χ1n) is 6.34. The first-order valence-corrected chi connectivity index (χ1v) is 8.16. The highest BCUT2D eigenvalue weighted by Crippen LogP contribution is 2.30. The molecular formula is C14H21NO2S. The van der Waals surface area contributed by atoms with Gasteiger partial charge in [0.2, 0.25) is 0 Å². The van der Waals surface area contributed by atoms with E-state index >= 15 is 0 Å². The van der Waals surface area contributed by atoms with Crippen molar-refractivity contribution in [2.45, 2.75) is 38.6 Å². The van der Waals surface area contributed by atoms with E-state index < -0.39 is 9.84 Å². The summed E-state index contributed by atoms with van der Waals surface area (Å²) < 4.78 is 22.9. The molecule has 18 heavy (non-hydrogen) atoms. The van der Waals surface area contributed by atoms with Crippen molar-refractivity contribution in [1.82, 2.24) is 0 Å². The molecule has 0 radical (unpaired) electrons. The molecule has 1 saturated heterocycles. The predicted molar refractivity (Wildman–Crippen MR) is 75.8 cm³/mol. The average molecular weight is 267 g/mol. The SMILES string of the molecule is CC(C)(C)c1ccccc1NC1CCS(=O)(=O)C1. The van der Waals surface area contributed by atoms with Gasteiger partial charge in [0.15, 0.2) is 9.84 Å². The minimum absolute atomic E-state index is 0.0542. The van der Waals surface area contributed by atoms with Crippen LogP contribution in [0.15, 0.2) is 24.3 Å². The second-order valence-corrected chi connectivity index (χ2v) is 8.27. The Hall–Kier alpha value is -1.03. The van der Waals surface area contributed by atoms with Gasteiger partial charge in [0, 0.05) is 11.7 Å². The van der Waals surface area contributed by atoms with Gasteiger partial charge in [0.25, 0.3) is 0 Å². The Morgan fingerprint density at radius 2 is 1.89 bits per heavy atom. The molecule has 1 unspecified atom stereocenters. The zero-order valence-electron chi connectivity index (χ0n) is 11.2. The highest BCUT2D eigenvalue weighted by molar-refractivity contribution is 7.91. The second kappa shape index (κ2) is 4.57. The van der Waals surface area contributed by atoms with E-state index in [-0.39, 0.29) is 17.2 Å². The fourth-order valence-electron chi connectivity index (χ4n) is 2.39. The van der Waals surface area contributed by atoms with Crippen LogP contribution in [0.1, 0.15) is 32.8 Å². The molecule has 1 fully saturated rings. The summed E-state index contributed by atoms with van der Waals surface area (Å²) in [6, 6.07) is 8.20. The zero-order chi connectivity index (χ0) is 13.4. The largest absolute Gasteiger partial charge is 0.381 e. The van der Waals surface area contributed by atoms with Crippen LogP contribution in [0.4, 0.5) is 5.69 Å². The molecule has 0 spiro atoms. The summed E-state index contributed by atoms with van der Waals surface area (Å²) in [5.74, 6) is 0.563. The van der Waals surface area contributed by atoms with Crippen molar-refractivity contribution in [1.29, 1.82) is 0 Å². The maximum Gasteiger partial charge on any atom is 0.152 e. The van der Waals surface area contributed by atoms with E-state index in [1.807, 2.05) is 18.2 Å². The third kappa shape index (κ3) is 3.05. The monoisotopic (exact) mass is 267 g/mol. The van der Waals surface area contributed by atoms with Crippen molar-refractivity contribution in [3.8, 4) is 0 Å². The van der Waals surface area contributed by atoms with Gasteiger partial charge < -0.3 is 5.32 Å². The van der Waals surface area contributed by atoms with Crippen molar-refractivity contribution < 1.29 is 8.42 Å². The molecule has 1 aliphatic heterocycles. The summed E-state index contributed by atoms with van der Waals surface area (Å²) in [5, 5.41) is 3.39. The smallest absolute Gasteiger partial charge is 0.152 e. The van der Waals surface area contributed by atoms with Crippen LogP contribution in [0.25, 0.3) is 0 Å². The van der Waals surface area contributed by atoms with Gasteiger partial charge in [-0.15, -0.1) is 0 Å². The summed E-state index contributed by atoms with van der Waals surface area (Å²) in [6.07, 6.45) is 0.709. The fraction of sp³-hybridized carbons (Fsp3) is 0.571. The number of sulfone groups is 1. The summed E-state index contributed by atoms with van der Waals surface area (Å²) in [5.41, 5.74) is 2.35. The molecule has 1 aromatic rings. The highest BCUT2D eigenvalue weighted by Gasteiger charge is 2.28.